The number of aromatic nitrogens is 2. The van der Waals surface area contributed by atoms with Gasteiger partial charge in [-0.3, -0.25) is 0 Å². The van der Waals surface area contributed by atoms with E-state index in [9.17, 15) is 0 Å². The number of benzene rings is 3. The summed E-state index contributed by atoms with van der Waals surface area (Å²) in [5.74, 6) is 1.67. The first-order valence-corrected chi connectivity index (χ1v) is 10.1. The minimum Gasteiger partial charge on any atom is -0.493 e. The van der Waals surface area contributed by atoms with Gasteiger partial charge in [0.2, 0.25) is 0 Å². The molecule has 29 heavy (non-hydrogen) atoms. The molecule has 0 aliphatic heterocycles. The second-order valence-corrected chi connectivity index (χ2v) is 7.69. The summed E-state index contributed by atoms with van der Waals surface area (Å²) in [6.45, 7) is 2.64. The molecule has 0 fully saturated rings. The van der Waals surface area contributed by atoms with E-state index in [1.807, 2.05) is 79.7 Å². The van der Waals surface area contributed by atoms with E-state index in [0.717, 1.165) is 45.5 Å². The summed E-state index contributed by atoms with van der Waals surface area (Å²) in [5, 5.41) is 1.46. The number of nitrogens with zero attached hydrogens (tertiary/aromatic N) is 1. The molecule has 1 N–H and O–H groups in total. The van der Waals surface area contributed by atoms with E-state index in [0.29, 0.717) is 11.6 Å². The largest absolute Gasteiger partial charge is 0.493 e. The lowest BCUT2D eigenvalue weighted by atomic mass is 10.1. The van der Waals surface area contributed by atoms with E-state index < -0.39 is 0 Å². The highest BCUT2D eigenvalue weighted by molar-refractivity contribution is 6.30. The lowest BCUT2D eigenvalue weighted by Gasteiger charge is -2.07. The molecule has 3 nitrogen and oxygen atoms in total. The molecule has 0 saturated carbocycles. The Balaban J connectivity index is 1.42. The fourth-order valence-electron chi connectivity index (χ4n) is 3.13. The summed E-state index contributed by atoms with van der Waals surface area (Å²) >= 11 is 11.9. The van der Waals surface area contributed by atoms with E-state index in [1.165, 1.54) is 5.56 Å². The Bertz CT molecular complexity index is 1090. The van der Waals surface area contributed by atoms with Crippen LogP contribution >= 0.6 is 23.2 Å². The van der Waals surface area contributed by atoms with Crippen molar-refractivity contribution in [1.29, 1.82) is 0 Å². The van der Waals surface area contributed by atoms with Crippen LogP contribution in [0.25, 0.3) is 22.6 Å². The van der Waals surface area contributed by atoms with Gasteiger partial charge in [-0.25, -0.2) is 4.98 Å². The van der Waals surface area contributed by atoms with Gasteiger partial charge in [0.15, 0.2) is 0 Å². The summed E-state index contributed by atoms with van der Waals surface area (Å²) in [5.41, 5.74) is 5.20. The fraction of sp³-hybridized carbons (Fsp3) is 0.125. The highest BCUT2D eigenvalue weighted by Gasteiger charge is 2.10. The molecule has 0 bridgehead atoms. The lowest BCUT2D eigenvalue weighted by molar-refractivity contribution is 0.322. The summed E-state index contributed by atoms with van der Waals surface area (Å²) in [7, 11) is 0. The number of halogens is 2. The van der Waals surface area contributed by atoms with Gasteiger partial charge >= 0.3 is 0 Å². The average molecular weight is 423 g/mol. The smallest absolute Gasteiger partial charge is 0.138 e. The van der Waals surface area contributed by atoms with Crippen LogP contribution in [0.2, 0.25) is 10.0 Å². The van der Waals surface area contributed by atoms with Gasteiger partial charge in [-0.2, -0.15) is 0 Å². The van der Waals surface area contributed by atoms with Gasteiger partial charge in [0, 0.05) is 33.3 Å². The van der Waals surface area contributed by atoms with Gasteiger partial charge in [0.05, 0.1) is 12.3 Å². The Morgan fingerprint density at radius 1 is 0.793 bits per heavy atom. The van der Waals surface area contributed by atoms with Gasteiger partial charge in [-0.05, 0) is 61.0 Å². The molecule has 0 aliphatic carbocycles. The molecular weight excluding hydrogens is 403 g/mol. The first-order chi connectivity index (χ1) is 14.1. The predicted octanol–water partition coefficient (Wildman–Crippen LogP) is 6.98. The van der Waals surface area contributed by atoms with Gasteiger partial charge in [0.1, 0.15) is 11.6 Å². The normalized spacial score (nSPS) is 10.9. The third-order valence-corrected chi connectivity index (χ3v) is 5.21. The number of aryl methyl sites for hydroxylation is 1. The van der Waals surface area contributed by atoms with E-state index in [4.69, 9.17) is 32.9 Å². The van der Waals surface area contributed by atoms with Crippen molar-refractivity contribution in [3.63, 3.8) is 0 Å². The molecule has 0 unspecified atom stereocenters. The summed E-state index contributed by atoms with van der Waals surface area (Å²) in [6, 6.07) is 23.5. The van der Waals surface area contributed by atoms with Crippen LogP contribution in [0.3, 0.4) is 0 Å². The van der Waals surface area contributed by atoms with Crippen LogP contribution in [0.1, 0.15) is 11.3 Å². The van der Waals surface area contributed by atoms with E-state index in [2.05, 4.69) is 4.98 Å². The van der Waals surface area contributed by atoms with Crippen molar-refractivity contribution in [3.8, 4) is 28.4 Å². The zero-order valence-corrected chi connectivity index (χ0v) is 17.5. The maximum Gasteiger partial charge on any atom is 0.138 e. The molecule has 0 radical (unpaired) electrons. The number of hydrogen-bond donors (Lipinski definition) is 1. The highest BCUT2D eigenvalue weighted by atomic mass is 35.5. The molecule has 1 aromatic heterocycles. The monoisotopic (exact) mass is 422 g/mol. The number of rotatable bonds is 6. The molecule has 0 saturated heterocycles. The van der Waals surface area contributed by atoms with Crippen molar-refractivity contribution >= 4 is 23.2 Å². The van der Waals surface area contributed by atoms with Crippen LogP contribution in [0.4, 0.5) is 0 Å². The minimum atomic E-state index is 0.613. The molecule has 3 aromatic carbocycles. The van der Waals surface area contributed by atoms with Crippen molar-refractivity contribution in [2.24, 2.45) is 0 Å². The average Bonchev–Trinajstić information content (AvgIpc) is 3.12. The lowest BCUT2D eigenvalue weighted by Crippen LogP contribution is -2.01. The number of imidazole rings is 1. The molecule has 0 aliphatic rings. The standard InChI is InChI=1S/C24H20Cl2N2O/c1-16-23(18-4-10-21(26)11-5-18)28-24(27-16)19-6-12-22(13-7-19)29-15-14-17-2-8-20(25)9-3-17/h2-13H,14-15H2,1H3,(H,27,28). The molecule has 1 heterocycles. The molecular formula is C24H20Cl2N2O. The maximum atomic E-state index is 5.99. The second kappa shape index (κ2) is 8.73. The summed E-state index contributed by atoms with van der Waals surface area (Å²) < 4.78 is 5.86. The van der Waals surface area contributed by atoms with Crippen LogP contribution in [0.5, 0.6) is 5.75 Å². The van der Waals surface area contributed by atoms with E-state index in [-0.39, 0.29) is 0 Å². The third-order valence-electron chi connectivity index (χ3n) is 4.70. The molecule has 0 atom stereocenters. The Hall–Kier alpha value is -2.75. The Labute approximate surface area is 180 Å². The first-order valence-electron chi connectivity index (χ1n) is 9.39. The predicted molar refractivity (Wildman–Crippen MR) is 120 cm³/mol. The van der Waals surface area contributed by atoms with Crippen LogP contribution < -0.4 is 4.74 Å². The fourth-order valence-corrected chi connectivity index (χ4v) is 3.38. The van der Waals surface area contributed by atoms with Gasteiger partial charge < -0.3 is 9.72 Å². The molecule has 4 rings (SSSR count). The summed E-state index contributed by atoms with van der Waals surface area (Å²) in [6.07, 6.45) is 0.834. The van der Waals surface area contributed by atoms with Crippen molar-refractivity contribution in [2.45, 2.75) is 13.3 Å². The number of aromatic amines is 1. The SMILES string of the molecule is Cc1[nH]c(-c2ccc(OCCc3ccc(Cl)cc3)cc2)nc1-c1ccc(Cl)cc1. The Morgan fingerprint density at radius 3 is 2.03 bits per heavy atom. The number of ether oxygens (including phenoxy) is 1. The molecule has 146 valence electrons. The maximum absolute atomic E-state index is 5.99. The molecule has 0 amide bonds. The van der Waals surface area contributed by atoms with Crippen LogP contribution in [-0.2, 0) is 6.42 Å². The van der Waals surface area contributed by atoms with Crippen LogP contribution in [0.15, 0.2) is 72.8 Å². The van der Waals surface area contributed by atoms with Crippen molar-refractivity contribution in [1.82, 2.24) is 9.97 Å². The number of nitrogens with one attached hydrogen (secondary N) is 1. The first kappa shape index (κ1) is 19.6. The zero-order chi connectivity index (χ0) is 20.2. The minimum absolute atomic E-state index is 0.613. The zero-order valence-electron chi connectivity index (χ0n) is 16.0. The van der Waals surface area contributed by atoms with Gasteiger partial charge in [-0.1, -0.05) is 47.5 Å². The van der Waals surface area contributed by atoms with E-state index >= 15 is 0 Å². The molecule has 0 spiro atoms. The van der Waals surface area contributed by atoms with Gasteiger partial charge in [0.25, 0.3) is 0 Å². The molecule has 4 aromatic rings. The number of H-pyrrole nitrogens is 1. The van der Waals surface area contributed by atoms with Crippen LogP contribution in [0, 0.1) is 6.92 Å². The summed E-state index contributed by atoms with van der Waals surface area (Å²) in [4.78, 5) is 8.14. The van der Waals surface area contributed by atoms with Crippen molar-refractivity contribution in [3.05, 3.63) is 94.1 Å². The Morgan fingerprint density at radius 2 is 1.38 bits per heavy atom. The van der Waals surface area contributed by atoms with Crippen molar-refractivity contribution in [2.75, 3.05) is 6.61 Å². The van der Waals surface area contributed by atoms with E-state index in [1.54, 1.807) is 0 Å². The topological polar surface area (TPSA) is 37.9 Å². The van der Waals surface area contributed by atoms with Gasteiger partial charge in [-0.15, -0.1) is 0 Å². The highest BCUT2D eigenvalue weighted by Crippen LogP contribution is 2.27. The third kappa shape index (κ3) is 4.81. The quantitative estimate of drug-likeness (QED) is 0.363. The van der Waals surface area contributed by atoms with Crippen LogP contribution in [-0.4, -0.2) is 16.6 Å². The number of hydrogen-bond acceptors (Lipinski definition) is 2. The second-order valence-electron chi connectivity index (χ2n) is 6.82. The molecule has 5 heteroatoms. The van der Waals surface area contributed by atoms with Crippen molar-refractivity contribution < 1.29 is 4.74 Å². The Kier molecular flexibility index (Phi) is 5.89.